The van der Waals surface area contributed by atoms with Crippen LogP contribution in [0.4, 0.5) is 15.8 Å². The topological polar surface area (TPSA) is 95.5 Å². The minimum atomic E-state index is -0.279. The standard InChI is InChI=1S/C30H37FN8O3/c1-3-22(2)39-30(40)37(21-34-39)25-6-4-24(5-7-25)35-12-14-36(15-13-35)29-9-8-26(17-28(29)31)41-19-23-16-27(42-20-23)18-38-32-10-11-33-38/h4-11,17,21-23,27H,3,12-16,18-20H2,1-2H3. The molecular weight excluding hydrogens is 539 g/mol. The SMILES string of the molecule is CCC(C)n1ncn(-c2ccc(N3CCN(c4ccc(OCC5COC(Cn6nccn6)C5)cc4F)CC3)cc2)c1=O. The molecular formula is C30H37FN8O3. The summed E-state index contributed by atoms with van der Waals surface area (Å²) >= 11 is 0. The van der Waals surface area contributed by atoms with Crippen molar-refractivity contribution in [1.82, 2.24) is 29.3 Å². The molecule has 0 spiro atoms. The molecule has 11 nitrogen and oxygen atoms in total. The molecule has 12 heteroatoms. The zero-order valence-electron chi connectivity index (χ0n) is 24.0. The number of hydrogen-bond acceptors (Lipinski definition) is 8. The summed E-state index contributed by atoms with van der Waals surface area (Å²) in [6, 6.07) is 13.1. The highest BCUT2D eigenvalue weighted by Crippen LogP contribution is 2.28. The van der Waals surface area contributed by atoms with E-state index in [1.54, 1.807) is 28.1 Å². The molecule has 0 saturated carbocycles. The van der Waals surface area contributed by atoms with Crippen LogP contribution in [-0.2, 0) is 11.3 Å². The first-order valence-electron chi connectivity index (χ1n) is 14.6. The highest BCUT2D eigenvalue weighted by Gasteiger charge is 2.27. The van der Waals surface area contributed by atoms with Gasteiger partial charge >= 0.3 is 5.69 Å². The van der Waals surface area contributed by atoms with Gasteiger partial charge in [-0.05, 0) is 56.2 Å². The zero-order valence-corrected chi connectivity index (χ0v) is 24.0. The smallest absolute Gasteiger partial charge is 0.350 e. The number of rotatable bonds is 10. The summed E-state index contributed by atoms with van der Waals surface area (Å²) in [7, 11) is 0. The Bertz CT molecular complexity index is 1510. The highest BCUT2D eigenvalue weighted by atomic mass is 19.1. The second-order valence-electron chi connectivity index (χ2n) is 11.0. The van der Waals surface area contributed by atoms with Gasteiger partial charge in [-0.3, -0.25) is 0 Å². The Morgan fingerprint density at radius 3 is 2.43 bits per heavy atom. The van der Waals surface area contributed by atoms with E-state index in [-0.39, 0.29) is 29.6 Å². The number of piperazine rings is 1. The van der Waals surface area contributed by atoms with E-state index >= 15 is 4.39 Å². The number of benzene rings is 2. The predicted octanol–water partition coefficient (Wildman–Crippen LogP) is 3.55. The normalized spacial score (nSPS) is 19.8. The maximum absolute atomic E-state index is 15.1. The fourth-order valence-electron chi connectivity index (χ4n) is 5.59. The number of ether oxygens (including phenoxy) is 2. The molecule has 0 radical (unpaired) electrons. The fraction of sp³-hybridized carbons (Fsp3) is 0.467. The largest absolute Gasteiger partial charge is 0.493 e. The molecule has 2 aliphatic heterocycles. The van der Waals surface area contributed by atoms with Crippen LogP contribution in [0.5, 0.6) is 5.75 Å². The quantitative estimate of drug-likeness (QED) is 0.283. The van der Waals surface area contributed by atoms with E-state index in [0.717, 1.165) is 37.3 Å². The Labute approximate surface area is 244 Å². The number of aromatic nitrogens is 6. The van der Waals surface area contributed by atoms with Crippen LogP contribution >= 0.6 is 0 Å². The monoisotopic (exact) mass is 576 g/mol. The molecule has 3 atom stereocenters. The lowest BCUT2D eigenvalue weighted by atomic mass is 10.1. The van der Waals surface area contributed by atoms with Crippen LogP contribution in [0.15, 0.2) is 66.0 Å². The Kier molecular flexibility index (Phi) is 8.22. The van der Waals surface area contributed by atoms with Gasteiger partial charge in [-0.1, -0.05) is 6.92 Å². The lowest BCUT2D eigenvalue weighted by molar-refractivity contribution is 0.0844. The van der Waals surface area contributed by atoms with E-state index in [1.807, 2.05) is 50.2 Å². The Morgan fingerprint density at radius 2 is 1.71 bits per heavy atom. The lowest BCUT2D eigenvalue weighted by Gasteiger charge is -2.37. The summed E-state index contributed by atoms with van der Waals surface area (Å²) in [6.07, 6.45) is 6.65. The maximum atomic E-state index is 15.1. The molecule has 0 bridgehead atoms. The fourth-order valence-corrected chi connectivity index (χ4v) is 5.59. The van der Waals surface area contributed by atoms with E-state index in [2.05, 4.69) is 25.1 Å². The van der Waals surface area contributed by atoms with Gasteiger partial charge in [-0.2, -0.15) is 20.1 Å². The van der Waals surface area contributed by atoms with E-state index in [4.69, 9.17) is 9.47 Å². The Morgan fingerprint density at radius 1 is 1.00 bits per heavy atom. The molecule has 2 aromatic heterocycles. The molecule has 2 fully saturated rings. The third-order valence-electron chi connectivity index (χ3n) is 8.22. The van der Waals surface area contributed by atoms with Crippen molar-refractivity contribution in [3.05, 3.63) is 77.5 Å². The van der Waals surface area contributed by atoms with Gasteiger partial charge in [0, 0.05) is 43.9 Å². The van der Waals surface area contributed by atoms with Gasteiger partial charge in [0.1, 0.15) is 17.9 Å². The van der Waals surface area contributed by atoms with Gasteiger partial charge in [-0.25, -0.2) is 18.4 Å². The number of nitrogens with zero attached hydrogens (tertiary/aromatic N) is 8. The van der Waals surface area contributed by atoms with Crippen molar-refractivity contribution in [1.29, 1.82) is 0 Å². The molecule has 0 amide bonds. The van der Waals surface area contributed by atoms with Crippen molar-refractivity contribution in [2.45, 2.75) is 45.4 Å². The highest BCUT2D eigenvalue weighted by molar-refractivity contribution is 5.55. The summed E-state index contributed by atoms with van der Waals surface area (Å²) in [5.74, 6) is 0.499. The van der Waals surface area contributed by atoms with E-state index in [1.165, 1.54) is 10.7 Å². The molecule has 222 valence electrons. The lowest BCUT2D eigenvalue weighted by Crippen LogP contribution is -2.46. The van der Waals surface area contributed by atoms with Gasteiger partial charge in [0.25, 0.3) is 0 Å². The molecule has 2 aromatic carbocycles. The average Bonchev–Trinajstić information content (AvgIpc) is 3.78. The van der Waals surface area contributed by atoms with Gasteiger partial charge in [-0.15, -0.1) is 0 Å². The minimum Gasteiger partial charge on any atom is -0.493 e. The number of anilines is 2. The molecule has 2 aliphatic rings. The summed E-state index contributed by atoms with van der Waals surface area (Å²) in [4.78, 5) is 18.7. The third-order valence-corrected chi connectivity index (χ3v) is 8.22. The summed E-state index contributed by atoms with van der Waals surface area (Å²) in [5.41, 5.74) is 2.31. The first-order valence-corrected chi connectivity index (χ1v) is 14.6. The zero-order chi connectivity index (χ0) is 29.1. The number of hydrogen-bond donors (Lipinski definition) is 0. The van der Waals surface area contributed by atoms with Crippen molar-refractivity contribution in [2.75, 3.05) is 49.2 Å². The van der Waals surface area contributed by atoms with Crippen molar-refractivity contribution < 1.29 is 13.9 Å². The summed E-state index contributed by atoms with van der Waals surface area (Å²) < 4.78 is 30.0. The molecule has 0 aliphatic carbocycles. The van der Waals surface area contributed by atoms with Crippen molar-refractivity contribution in [2.24, 2.45) is 5.92 Å². The van der Waals surface area contributed by atoms with Crippen LogP contribution in [0.3, 0.4) is 0 Å². The first-order chi connectivity index (χ1) is 20.5. The van der Waals surface area contributed by atoms with Crippen LogP contribution < -0.4 is 20.2 Å². The van der Waals surface area contributed by atoms with E-state index < -0.39 is 0 Å². The summed E-state index contributed by atoms with van der Waals surface area (Å²) in [5, 5.41) is 12.5. The Hall–Kier alpha value is -4.19. The molecule has 0 N–H and O–H groups in total. The van der Waals surface area contributed by atoms with E-state index in [9.17, 15) is 4.79 Å². The molecule has 2 saturated heterocycles. The molecule has 4 heterocycles. The summed E-state index contributed by atoms with van der Waals surface area (Å²) in [6.45, 7) is 8.67. The van der Waals surface area contributed by atoms with Gasteiger partial charge in [0.2, 0.25) is 0 Å². The van der Waals surface area contributed by atoms with Crippen LogP contribution in [0.25, 0.3) is 5.69 Å². The second-order valence-corrected chi connectivity index (χ2v) is 11.0. The first kappa shape index (κ1) is 28.0. The van der Waals surface area contributed by atoms with Crippen molar-refractivity contribution in [3.63, 3.8) is 0 Å². The average molecular weight is 577 g/mol. The van der Waals surface area contributed by atoms with Crippen LogP contribution in [0, 0.1) is 11.7 Å². The molecule has 42 heavy (non-hydrogen) atoms. The van der Waals surface area contributed by atoms with Crippen LogP contribution in [0.2, 0.25) is 0 Å². The van der Waals surface area contributed by atoms with Gasteiger partial charge < -0.3 is 19.3 Å². The number of halogens is 1. The molecule has 6 rings (SSSR count). The third kappa shape index (κ3) is 6.03. The van der Waals surface area contributed by atoms with Gasteiger partial charge in [0.05, 0.1) is 55.7 Å². The minimum absolute atomic E-state index is 0.0556. The van der Waals surface area contributed by atoms with Crippen molar-refractivity contribution in [3.8, 4) is 11.4 Å². The predicted molar refractivity (Wildman–Crippen MR) is 157 cm³/mol. The van der Waals surface area contributed by atoms with Gasteiger partial charge in [0.15, 0.2) is 0 Å². The molecule has 4 aromatic rings. The second kappa shape index (κ2) is 12.4. The Balaban J connectivity index is 0.996. The van der Waals surface area contributed by atoms with Crippen LogP contribution in [0.1, 0.15) is 32.7 Å². The van der Waals surface area contributed by atoms with Crippen LogP contribution in [-0.4, -0.2) is 74.8 Å². The van der Waals surface area contributed by atoms with Crippen molar-refractivity contribution >= 4 is 11.4 Å². The maximum Gasteiger partial charge on any atom is 0.350 e. The van der Waals surface area contributed by atoms with E-state index in [0.29, 0.717) is 44.3 Å². The molecule has 3 unspecified atom stereocenters.